The Labute approximate surface area is 86.9 Å². The third-order valence-corrected chi connectivity index (χ3v) is 1.40. The molecule has 0 spiro atoms. The van der Waals surface area contributed by atoms with Crippen molar-refractivity contribution in [3.63, 3.8) is 0 Å². The predicted molar refractivity (Wildman–Crippen MR) is 36.3 cm³/mol. The molecular formula is C8H5LiN2O2. The summed E-state index contributed by atoms with van der Waals surface area (Å²) < 4.78 is 5.59. The molecule has 0 aliphatic heterocycles. The van der Waals surface area contributed by atoms with Crippen LogP contribution in [0.25, 0.3) is 5.69 Å². The Bertz CT molecular complexity index is 375. The molecule has 13 heavy (non-hydrogen) atoms. The van der Waals surface area contributed by atoms with Gasteiger partial charge >= 0.3 is 18.9 Å². The molecule has 5 heteroatoms. The molecular weight excluding hydrogens is 163 g/mol. The predicted octanol–water partition coefficient (Wildman–Crippen LogP) is -3.17. The van der Waals surface area contributed by atoms with Crippen LogP contribution in [0.4, 0.5) is 0 Å². The molecule has 2 aromatic rings. The largest absolute Gasteiger partial charge is 1.00 e. The van der Waals surface area contributed by atoms with Crippen LogP contribution in [0.2, 0.25) is 0 Å². The fraction of sp³-hybridized carbons (Fsp3) is 0. The van der Waals surface area contributed by atoms with Crippen molar-refractivity contribution in [3.05, 3.63) is 36.5 Å². The summed E-state index contributed by atoms with van der Waals surface area (Å²) in [6.45, 7) is 0. The van der Waals surface area contributed by atoms with Gasteiger partial charge in [0.05, 0.1) is 11.6 Å². The smallest absolute Gasteiger partial charge is 0.560 e. The molecule has 0 aliphatic carbocycles. The molecule has 1 heterocycles. The fourth-order valence-electron chi connectivity index (χ4n) is 0.886. The molecule has 0 aliphatic rings. The quantitative estimate of drug-likeness (QED) is 0.256. The number of nitrogens with zero attached hydrogens (tertiary/aromatic N) is 2. The maximum Gasteiger partial charge on any atom is 1.00 e. The van der Waals surface area contributed by atoms with Crippen LogP contribution in [0.1, 0.15) is 0 Å². The maximum atomic E-state index is 10.6. The molecule has 2 rings (SSSR count). The van der Waals surface area contributed by atoms with Crippen LogP contribution < -0.4 is 28.6 Å². The molecule has 0 saturated heterocycles. The van der Waals surface area contributed by atoms with E-state index in [4.69, 9.17) is 0 Å². The number of aromatic nitrogens is 2. The van der Waals surface area contributed by atoms with E-state index in [1.54, 1.807) is 12.1 Å². The fourth-order valence-corrected chi connectivity index (χ4v) is 0.886. The molecule has 0 unspecified atom stereocenters. The van der Waals surface area contributed by atoms with Crippen molar-refractivity contribution >= 4 is 0 Å². The van der Waals surface area contributed by atoms with E-state index in [1.807, 2.05) is 18.2 Å². The van der Waals surface area contributed by atoms with E-state index in [-0.39, 0.29) is 18.9 Å². The van der Waals surface area contributed by atoms with Crippen molar-refractivity contribution in [2.75, 3.05) is 0 Å². The summed E-state index contributed by atoms with van der Waals surface area (Å²) in [4.78, 5) is 0. The van der Waals surface area contributed by atoms with Gasteiger partial charge in [0.2, 0.25) is 0 Å². The SMILES string of the molecule is [Li+].[O-]c1[c-][n+](-c2ccccc2)no1. The first-order valence-corrected chi connectivity index (χ1v) is 3.40. The summed E-state index contributed by atoms with van der Waals surface area (Å²) in [6.07, 6.45) is 2.38. The first-order valence-electron chi connectivity index (χ1n) is 3.40. The third kappa shape index (κ3) is 2.11. The first-order chi connectivity index (χ1) is 5.86. The molecule has 60 valence electrons. The van der Waals surface area contributed by atoms with Crippen LogP contribution in [-0.2, 0) is 0 Å². The monoisotopic (exact) mass is 168 g/mol. The zero-order valence-corrected chi connectivity index (χ0v) is 7.10. The third-order valence-electron chi connectivity index (χ3n) is 1.40. The second-order valence-electron chi connectivity index (χ2n) is 2.22. The number of hydrogen-bond acceptors (Lipinski definition) is 3. The maximum absolute atomic E-state index is 10.6. The molecule has 0 fully saturated rings. The Kier molecular flexibility index (Phi) is 3.12. The zero-order valence-electron chi connectivity index (χ0n) is 7.10. The van der Waals surface area contributed by atoms with Crippen LogP contribution >= 0.6 is 0 Å². The summed E-state index contributed by atoms with van der Waals surface area (Å²) >= 11 is 0. The summed E-state index contributed by atoms with van der Waals surface area (Å²) in [5, 5.41) is 14.0. The van der Waals surface area contributed by atoms with Crippen molar-refractivity contribution in [2.45, 2.75) is 0 Å². The summed E-state index contributed by atoms with van der Waals surface area (Å²) in [5.41, 5.74) is 0.753. The van der Waals surface area contributed by atoms with Crippen molar-refractivity contribution in [3.8, 4) is 11.6 Å². The van der Waals surface area contributed by atoms with Crippen LogP contribution in [0, 0.1) is 6.20 Å². The van der Waals surface area contributed by atoms with Crippen LogP contribution in [0.5, 0.6) is 5.95 Å². The Balaban J connectivity index is 0.000000845. The van der Waals surface area contributed by atoms with Crippen molar-refractivity contribution in [2.24, 2.45) is 0 Å². The van der Waals surface area contributed by atoms with Crippen LogP contribution in [-0.4, -0.2) is 5.27 Å². The average molecular weight is 168 g/mol. The normalized spacial score (nSPS) is 9.23. The van der Waals surface area contributed by atoms with Crippen molar-refractivity contribution < 1.29 is 33.2 Å². The Morgan fingerprint density at radius 3 is 2.54 bits per heavy atom. The number of hydrogen-bond donors (Lipinski definition) is 0. The Hall–Kier alpha value is -1.24. The van der Waals surface area contributed by atoms with Crippen molar-refractivity contribution in [1.82, 2.24) is 5.27 Å². The summed E-state index contributed by atoms with van der Waals surface area (Å²) in [6, 6.07) is 9.17. The van der Waals surface area contributed by atoms with Gasteiger partial charge in [-0.3, -0.25) is 0 Å². The van der Waals surface area contributed by atoms with E-state index in [1.165, 1.54) is 4.68 Å². The standard InChI is InChI=1S/C8H6N2O2.Li/c11-8-6-10(9-12-8)7-4-2-1-3-5-7;/h1-5,11H;/q;+1/p-1. The van der Waals surface area contributed by atoms with Gasteiger partial charge in [0.1, 0.15) is 6.20 Å². The number of para-hydroxylation sites is 1. The van der Waals surface area contributed by atoms with Gasteiger partial charge in [0.25, 0.3) is 0 Å². The van der Waals surface area contributed by atoms with E-state index in [0.717, 1.165) is 5.69 Å². The van der Waals surface area contributed by atoms with E-state index >= 15 is 0 Å². The Morgan fingerprint density at radius 2 is 2.00 bits per heavy atom. The second-order valence-corrected chi connectivity index (χ2v) is 2.22. The van der Waals surface area contributed by atoms with E-state index in [9.17, 15) is 5.11 Å². The minimum absolute atomic E-state index is 0. The van der Waals surface area contributed by atoms with Crippen LogP contribution in [0.3, 0.4) is 0 Å². The first kappa shape index (κ1) is 9.84. The van der Waals surface area contributed by atoms with Gasteiger partial charge in [-0.2, -0.15) is 4.68 Å². The molecule has 0 N–H and O–H groups in total. The van der Waals surface area contributed by atoms with Crippen LogP contribution in [0.15, 0.2) is 34.9 Å². The zero-order chi connectivity index (χ0) is 8.39. The van der Waals surface area contributed by atoms with E-state index < -0.39 is 5.95 Å². The average Bonchev–Trinajstić information content (AvgIpc) is 2.54. The summed E-state index contributed by atoms with van der Waals surface area (Å²) in [7, 11) is 0. The molecule has 0 amide bonds. The number of rotatable bonds is 1. The van der Waals surface area contributed by atoms with Gasteiger partial charge in [0.15, 0.2) is 0 Å². The summed E-state index contributed by atoms with van der Waals surface area (Å²) in [5.74, 6) is -0.571. The van der Waals surface area contributed by atoms with Crippen molar-refractivity contribution in [1.29, 1.82) is 0 Å². The minimum Gasteiger partial charge on any atom is -0.560 e. The van der Waals surface area contributed by atoms with Gasteiger partial charge in [-0.15, -0.1) is 0 Å². The molecule has 0 saturated carbocycles. The topological polar surface area (TPSA) is 53.0 Å². The molecule has 4 nitrogen and oxygen atoms in total. The molecule has 1 aromatic heterocycles. The van der Waals surface area contributed by atoms with Gasteiger partial charge in [-0.1, -0.05) is 30.3 Å². The minimum atomic E-state index is -0.571. The van der Waals surface area contributed by atoms with Gasteiger partial charge in [-0.05, 0) is 0 Å². The Morgan fingerprint density at radius 1 is 1.31 bits per heavy atom. The van der Waals surface area contributed by atoms with E-state index in [0.29, 0.717) is 0 Å². The molecule has 0 radical (unpaired) electrons. The molecule has 1 aromatic carbocycles. The molecule has 0 bridgehead atoms. The molecule has 0 atom stereocenters. The van der Waals surface area contributed by atoms with E-state index in [2.05, 4.69) is 16.0 Å². The van der Waals surface area contributed by atoms with Gasteiger partial charge in [-0.25, -0.2) is 0 Å². The number of benzene rings is 1. The van der Waals surface area contributed by atoms with Gasteiger partial charge in [0, 0.05) is 5.27 Å². The second kappa shape index (κ2) is 4.12. The van der Waals surface area contributed by atoms with Gasteiger partial charge < -0.3 is 9.63 Å².